The highest BCUT2D eigenvalue weighted by Gasteiger charge is 2.16. The predicted molar refractivity (Wildman–Crippen MR) is 66.8 cm³/mol. The van der Waals surface area contributed by atoms with Crippen LogP contribution in [0, 0.1) is 5.82 Å². The Bertz CT molecular complexity index is 373. The first-order valence-corrected chi connectivity index (χ1v) is 6.46. The third-order valence-electron chi connectivity index (χ3n) is 2.15. The minimum atomic E-state index is -0.873. The van der Waals surface area contributed by atoms with Crippen LogP contribution < -0.4 is 5.32 Å². The maximum absolute atomic E-state index is 12.9. The third kappa shape index (κ3) is 5.19. The van der Waals surface area contributed by atoms with Gasteiger partial charge in [-0.2, -0.15) is 0 Å². The second-order valence-corrected chi connectivity index (χ2v) is 4.71. The van der Waals surface area contributed by atoms with Crippen LogP contribution in [0.5, 0.6) is 0 Å². The lowest BCUT2D eigenvalue weighted by atomic mass is 10.3. The number of nitrogens with one attached hydrogen (secondary N) is 1. The van der Waals surface area contributed by atoms with Crippen molar-refractivity contribution in [2.24, 2.45) is 0 Å². The Morgan fingerprint density at radius 3 is 2.94 bits per heavy atom. The number of carboxylic acids is 1. The van der Waals surface area contributed by atoms with E-state index in [2.05, 4.69) is 5.32 Å². The van der Waals surface area contributed by atoms with Crippen LogP contribution in [-0.4, -0.2) is 29.4 Å². The van der Waals surface area contributed by atoms with Gasteiger partial charge in [0.25, 0.3) is 0 Å². The monoisotopic (exact) mass is 257 g/mol. The van der Waals surface area contributed by atoms with Crippen LogP contribution in [-0.2, 0) is 4.79 Å². The molecule has 1 unspecified atom stereocenters. The summed E-state index contributed by atoms with van der Waals surface area (Å²) < 4.78 is 12.9. The van der Waals surface area contributed by atoms with Gasteiger partial charge in [-0.1, -0.05) is 13.0 Å². The van der Waals surface area contributed by atoms with E-state index in [1.807, 2.05) is 6.92 Å². The largest absolute Gasteiger partial charge is 0.480 e. The van der Waals surface area contributed by atoms with Crippen molar-refractivity contribution in [2.75, 3.05) is 12.3 Å². The Morgan fingerprint density at radius 1 is 1.59 bits per heavy atom. The fourth-order valence-corrected chi connectivity index (χ4v) is 2.26. The van der Waals surface area contributed by atoms with Crippen molar-refractivity contribution in [1.82, 2.24) is 5.32 Å². The van der Waals surface area contributed by atoms with Crippen molar-refractivity contribution in [3.05, 3.63) is 30.1 Å². The second kappa shape index (κ2) is 7.29. The van der Waals surface area contributed by atoms with Crippen molar-refractivity contribution < 1.29 is 14.3 Å². The molecule has 0 aliphatic rings. The van der Waals surface area contributed by atoms with Crippen LogP contribution in [0.2, 0.25) is 0 Å². The van der Waals surface area contributed by atoms with Crippen LogP contribution in [0.4, 0.5) is 4.39 Å². The third-order valence-corrected chi connectivity index (χ3v) is 3.24. The molecule has 5 heteroatoms. The maximum atomic E-state index is 12.9. The summed E-state index contributed by atoms with van der Waals surface area (Å²) in [6.07, 6.45) is 0.883. The Balaban J connectivity index is 2.48. The number of benzene rings is 1. The summed E-state index contributed by atoms with van der Waals surface area (Å²) in [5.74, 6) is -0.788. The van der Waals surface area contributed by atoms with Crippen molar-refractivity contribution in [3.63, 3.8) is 0 Å². The minimum absolute atomic E-state index is 0.302. The van der Waals surface area contributed by atoms with Gasteiger partial charge >= 0.3 is 5.97 Å². The molecule has 0 heterocycles. The molecule has 0 aromatic heterocycles. The zero-order chi connectivity index (χ0) is 12.7. The molecule has 0 aliphatic heterocycles. The molecule has 2 N–H and O–H groups in total. The van der Waals surface area contributed by atoms with Gasteiger partial charge < -0.3 is 10.4 Å². The number of hydrogen-bond acceptors (Lipinski definition) is 3. The fraction of sp³-hybridized carbons (Fsp3) is 0.417. The van der Waals surface area contributed by atoms with E-state index in [-0.39, 0.29) is 5.82 Å². The average molecular weight is 257 g/mol. The normalized spacial score (nSPS) is 12.4. The summed E-state index contributed by atoms with van der Waals surface area (Å²) in [6.45, 7) is 2.65. The summed E-state index contributed by atoms with van der Waals surface area (Å²) in [5, 5.41) is 11.9. The Morgan fingerprint density at radius 2 is 2.35 bits per heavy atom. The zero-order valence-electron chi connectivity index (χ0n) is 9.65. The van der Waals surface area contributed by atoms with E-state index in [1.54, 1.807) is 12.1 Å². The fourth-order valence-electron chi connectivity index (χ4n) is 1.27. The highest BCUT2D eigenvalue weighted by atomic mass is 32.2. The number of thioether (sulfide) groups is 1. The number of rotatable bonds is 7. The molecule has 17 heavy (non-hydrogen) atoms. The van der Waals surface area contributed by atoms with Crippen LogP contribution in [0.3, 0.4) is 0 Å². The molecule has 0 saturated heterocycles. The highest BCUT2D eigenvalue weighted by molar-refractivity contribution is 7.99. The SMILES string of the molecule is CCCNC(CSc1cccc(F)c1)C(=O)O. The van der Waals surface area contributed by atoms with E-state index in [9.17, 15) is 9.18 Å². The smallest absolute Gasteiger partial charge is 0.321 e. The van der Waals surface area contributed by atoms with E-state index in [4.69, 9.17) is 5.11 Å². The number of halogens is 1. The van der Waals surface area contributed by atoms with E-state index >= 15 is 0 Å². The highest BCUT2D eigenvalue weighted by Crippen LogP contribution is 2.19. The number of carbonyl (C=O) groups is 1. The van der Waals surface area contributed by atoms with E-state index < -0.39 is 12.0 Å². The summed E-state index contributed by atoms with van der Waals surface area (Å²) in [7, 11) is 0. The van der Waals surface area contributed by atoms with Gasteiger partial charge in [0, 0.05) is 10.6 Å². The van der Waals surface area contributed by atoms with Crippen molar-refractivity contribution >= 4 is 17.7 Å². The van der Waals surface area contributed by atoms with Gasteiger partial charge in [-0.25, -0.2) is 4.39 Å². The van der Waals surface area contributed by atoms with Crippen molar-refractivity contribution in [3.8, 4) is 0 Å². The number of aliphatic carboxylic acids is 1. The molecule has 0 bridgehead atoms. The summed E-state index contributed by atoms with van der Waals surface area (Å²) in [4.78, 5) is 11.7. The molecule has 1 aromatic rings. The Labute approximate surface area is 104 Å². The summed E-state index contributed by atoms with van der Waals surface area (Å²) >= 11 is 1.34. The van der Waals surface area contributed by atoms with E-state index in [0.717, 1.165) is 11.3 Å². The van der Waals surface area contributed by atoms with Gasteiger partial charge in [0.15, 0.2) is 0 Å². The van der Waals surface area contributed by atoms with Gasteiger partial charge in [-0.15, -0.1) is 11.8 Å². The van der Waals surface area contributed by atoms with Crippen LogP contribution in [0.25, 0.3) is 0 Å². The number of carboxylic acid groups (broad SMARTS) is 1. The first-order chi connectivity index (χ1) is 8.13. The predicted octanol–water partition coefficient (Wildman–Crippen LogP) is 2.37. The van der Waals surface area contributed by atoms with Crippen LogP contribution in [0.1, 0.15) is 13.3 Å². The summed E-state index contributed by atoms with van der Waals surface area (Å²) in [5.41, 5.74) is 0. The lowest BCUT2D eigenvalue weighted by Gasteiger charge is -2.13. The van der Waals surface area contributed by atoms with E-state index in [0.29, 0.717) is 12.3 Å². The molecule has 0 saturated carbocycles. The Hall–Kier alpha value is -1.07. The van der Waals surface area contributed by atoms with Gasteiger partial charge in [0.2, 0.25) is 0 Å². The zero-order valence-corrected chi connectivity index (χ0v) is 10.5. The first kappa shape index (κ1) is 14.0. The molecule has 0 radical (unpaired) electrons. The standard InChI is InChI=1S/C12H16FNO2S/c1-2-6-14-11(12(15)16)8-17-10-5-3-4-9(13)7-10/h3-5,7,11,14H,2,6,8H2,1H3,(H,15,16). The maximum Gasteiger partial charge on any atom is 0.321 e. The molecular weight excluding hydrogens is 241 g/mol. The molecule has 0 amide bonds. The average Bonchev–Trinajstić information content (AvgIpc) is 2.28. The van der Waals surface area contributed by atoms with Crippen molar-refractivity contribution in [2.45, 2.75) is 24.3 Å². The molecule has 0 aliphatic carbocycles. The first-order valence-electron chi connectivity index (χ1n) is 5.48. The molecule has 1 atom stereocenters. The van der Waals surface area contributed by atoms with Crippen LogP contribution >= 0.6 is 11.8 Å². The molecule has 3 nitrogen and oxygen atoms in total. The molecule has 0 fully saturated rings. The summed E-state index contributed by atoms with van der Waals surface area (Å²) in [6, 6.07) is 5.57. The van der Waals surface area contributed by atoms with Gasteiger partial charge in [-0.05, 0) is 31.2 Å². The molecule has 1 aromatic carbocycles. The topological polar surface area (TPSA) is 49.3 Å². The van der Waals surface area contributed by atoms with Gasteiger partial charge in [0.05, 0.1) is 0 Å². The molecule has 0 spiro atoms. The lowest BCUT2D eigenvalue weighted by molar-refractivity contribution is -0.138. The molecular formula is C12H16FNO2S. The van der Waals surface area contributed by atoms with Gasteiger partial charge in [0.1, 0.15) is 11.9 Å². The van der Waals surface area contributed by atoms with Crippen LogP contribution in [0.15, 0.2) is 29.2 Å². The number of hydrogen-bond donors (Lipinski definition) is 2. The quantitative estimate of drug-likeness (QED) is 0.736. The van der Waals surface area contributed by atoms with Crippen molar-refractivity contribution in [1.29, 1.82) is 0 Å². The second-order valence-electron chi connectivity index (χ2n) is 3.61. The molecule has 94 valence electrons. The Kier molecular flexibility index (Phi) is 6.00. The van der Waals surface area contributed by atoms with E-state index in [1.165, 1.54) is 23.9 Å². The molecule has 1 rings (SSSR count). The lowest BCUT2D eigenvalue weighted by Crippen LogP contribution is -2.39. The minimum Gasteiger partial charge on any atom is -0.480 e. The van der Waals surface area contributed by atoms with Gasteiger partial charge in [-0.3, -0.25) is 4.79 Å².